The van der Waals surface area contributed by atoms with Crippen molar-refractivity contribution in [3.8, 4) is 0 Å². The normalized spacial score (nSPS) is 21.5. The molecule has 1 fully saturated rings. The van der Waals surface area contributed by atoms with E-state index in [0.717, 1.165) is 22.9 Å². The van der Waals surface area contributed by atoms with E-state index in [4.69, 9.17) is 0 Å². The van der Waals surface area contributed by atoms with Crippen LogP contribution in [-0.2, 0) is 6.42 Å². The van der Waals surface area contributed by atoms with Crippen molar-refractivity contribution in [3.63, 3.8) is 0 Å². The Bertz CT molecular complexity index is 342. The molecule has 82 valence electrons. The van der Waals surface area contributed by atoms with Crippen LogP contribution in [0.25, 0.3) is 0 Å². The Hall–Kier alpha value is -0.740. The molecular weight excluding hydrogens is 208 g/mol. The molecule has 0 radical (unpaired) electrons. The van der Waals surface area contributed by atoms with E-state index >= 15 is 0 Å². The zero-order chi connectivity index (χ0) is 10.7. The van der Waals surface area contributed by atoms with Crippen molar-refractivity contribution in [2.45, 2.75) is 38.6 Å². The summed E-state index contributed by atoms with van der Waals surface area (Å²) >= 11 is 1.53. The summed E-state index contributed by atoms with van der Waals surface area (Å²) in [7, 11) is 0. The van der Waals surface area contributed by atoms with Gasteiger partial charge in [0.15, 0.2) is 5.78 Å². The molecule has 0 saturated carbocycles. The standard InChI is InChI=1S/C11H16N2OS/c1-8(14)10-7-13-11(15-10)6-9-4-2-3-5-12-9/h7,9,12H,2-6H2,1H3. The minimum absolute atomic E-state index is 0.121. The number of aromatic nitrogens is 1. The van der Waals surface area contributed by atoms with Crippen molar-refractivity contribution < 1.29 is 4.79 Å². The number of hydrogen-bond donors (Lipinski definition) is 1. The first-order chi connectivity index (χ1) is 7.25. The number of rotatable bonds is 3. The van der Waals surface area contributed by atoms with E-state index in [1.54, 1.807) is 13.1 Å². The molecule has 2 rings (SSSR count). The highest BCUT2D eigenvalue weighted by Crippen LogP contribution is 2.18. The summed E-state index contributed by atoms with van der Waals surface area (Å²) in [6.45, 7) is 2.71. The minimum atomic E-state index is 0.121. The van der Waals surface area contributed by atoms with Crippen LogP contribution >= 0.6 is 11.3 Å². The highest BCUT2D eigenvalue weighted by molar-refractivity contribution is 7.13. The Morgan fingerprint density at radius 1 is 1.67 bits per heavy atom. The SMILES string of the molecule is CC(=O)c1cnc(CC2CCCCN2)s1. The fourth-order valence-electron chi connectivity index (χ4n) is 1.88. The predicted molar refractivity (Wildman–Crippen MR) is 61.5 cm³/mol. The first-order valence-electron chi connectivity index (χ1n) is 5.45. The average molecular weight is 224 g/mol. The lowest BCUT2D eigenvalue weighted by Gasteiger charge is -2.22. The smallest absolute Gasteiger partial charge is 0.171 e. The molecular formula is C11H16N2OS. The van der Waals surface area contributed by atoms with Gasteiger partial charge in [-0.05, 0) is 19.4 Å². The summed E-state index contributed by atoms with van der Waals surface area (Å²) in [5, 5.41) is 4.57. The third kappa shape index (κ3) is 2.86. The summed E-state index contributed by atoms with van der Waals surface area (Å²) in [5.41, 5.74) is 0. The number of carbonyl (C=O) groups is 1. The van der Waals surface area contributed by atoms with Crippen LogP contribution in [0.15, 0.2) is 6.20 Å². The zero-order valence-electron chi connectivity index (χ0n) is 8.95. The van der Waals surface area contributed by atoms with Gasteiger partial charge in [0.1, 0.15) is 0 Å². The number of thiazole rings is 1. The Balaban J connectivity index is 1.94. The predicted octanol–water partition coefficient (Wildman–Crippen LogP) is 2.03. The minimum Gasteiger partial charge on any atom is -0.314 e. The maximum Gasteiger partial charge on any atom is 0.171 e. The molecule has 15 heavy (non-hydrogen) atoms. The fourth-order valence-corrected chi connectivity index (χ4v) is 2.77. The fraction of sp³-hybridized carbons (Fsp3) is 0.636. The molecule has 1 aromatic heterocycles. The zero-order valence-corrected chi connectivity index (χ0v) is 9.77. The number of nitrogens with zero attached hydrogens (tertiary/aromatic N) is 1. The maximum atomic E-state index is 11.1. The molecule has 1 unspecified atom stereocenters. The number of piperidine rings is 1. The molecule has 0 spiro atoms. The number of Topliss-reactive ketones (excluding diaryl/α,β-unsaturated/α-hetero) is 1. The maximum absolute atomic E-state index is 11.1. The lowest BCUT2D eigenvalue weighted by Crippen LogP contribution is -2.35. The Morgan fingerprint density at radius 3 is 3.13 bits per heavy atom. The third-order valence-corrected chi connectivity index (χ3v) is 3.85. The van der Waals surface area contributed by atoms with Gasteiger partial charge in [-0.1, -0.05) is 6.42 Å². The van der Waals surface area contributed by atoms with E-state index in [-0.39, 0.29) is 5.78 Å². The lowest BCUT2D eigenvalue weighted by atomic mass is 10.0. The molecule has 3 nitrogen and oxygen atoms in total. The molecule has 4 heteroatoms. The van der Waals surface area contributed by atoms with Crippen molar-refractivity contribution in [2.24, 2.45) is 0 Å². The largest absolute Gasteiger partial charge is 0.314 e. The van der Waals surface area contributed by atoms with E-state index in [1.165, 1.54) is 30.6 Å². The molecule has 0 aliphatic carbocycles. The number of ketones is 1. The van der Waals surface area contributed by atoms with Gasteiger partial charge in [-0.2, -0.15) is 0 Å². The molecule has 0 bridgehead atoms. The molecule has 2 heterocycles. The molecule has 0 amide bonds. The van der Waals surface area contributed by atoms with Gasteiger partial charge >= 0.3 is 0 Å². The van der Waals surface area contributed by atoms with Gasteiger partial charge in [0.25, 0.3) is 0 Å². The van der Waals surface area contributed by atoms with Crippen LogP contribution < -0.4 is 5.32 Å². The van der Waals surface area contributed by atoms with E-state index in [9.17, 15) is 4.79 Å². The van der Waals surface area contributed by atoms with E-state index in [1.807, 2.05) is 0 Å². The molecule has 1 saturated heterocycles. The van der Waals surface area contributed by atoms with Crippen LogP contribution in [0.2, 0.25) is 0 Å². The highest BCUT2D eigenvalue weighted by Gasteiger charge is 2.15. The first-order valence-corrected chi connectivity index (χ1v) is 6.26. The van der Waals surface area contributed by atoms with Crippen LogP contribution in [0.1, 0.15) is 40.9 Å². The van der Waals surface area contributed by atoms with Gasteiger partial charge in [-0.3, -0.25) is 4.79 Å². The van der Waals surface area contributed by atoms with Crippen LogP contribution in [0.4, 0.5) is 0 Å². The second-order valence-corrected chi connectivity index (χ2v) is 5.14. The van der Waals surface area contributed by atoms with Gasteiger partial charge < -0.3 is 5.32 Å². The summed E-state index contributed by atoms with van der Waals surface area (Å²) in [6.07, 6.45) is 6.49. The Labute approximate surface area is 93.9 Å². The third-order valence-electron chi connectivity index (χ3n) is 2.73. The van der Waals surface area contributed by atoms with Gasteiger partial charge in [-0.15, -0.1) is 11.3 Å². The van der Waals surface area contributed by atoms with Crippen molar-refractivity contribution >= 4 is 17.1 Å². The highest BCUT2D eigenvalue weighted by atomic mass is 32.1. The van der Waals surface area contributed by atoms with E-state index in [2.05, 4.69) is 10.3 Å². The summed E-state index contributed by atoms with van der Waals surface area (Å²) < 4.78 is 0. The molecule has 1 aliphatic heterocycles. The molecule has 1 aliphatic rings. The van der Waals surface area contributed by atoms with Gasteiger partial charge in [0.05, 0.1) is 9.88 Å². The summed E-state index contributed by atoms with van der Waals surface area (Å²) in [4.78, 5) is 16.2. The van der Waals surface area contributed by atoms with E-state index < -0.39 is 0 Å². The second kappa shape index (κ2) is 4.86. The van der Waals surface area contributed by atoms with Gasteiger partial charge in [0.2, 0.25) is 0 Å². The van der Waals surface area contributed by atoms with Crippen molar-refractivity contribution in [3.05, 3.63) is 16.1 Å². The summed E-state index contributed by atoms with van der Waals surface area (Å²) in [5.74, 6) is 0.121. The van der Waals surface area contributed by atoms with E-state index in [0.29, 0.717) is 6.04 Å². The molecule has 0 aromatic carbocycles. The Morgan fingerprint density at radius 2 is 2.53 bits per heavy atom. The van der Waals surface area contributed by atoms with Crippen LogP contribution in [0.3, 0.4) is 0 Å². The van der Waals surface area contributed by atoms with Crippen molar-refractivity contribution in [1.82, 2.24) is 10.3 Å². The van der Waals surface area contributed by atoms with Crippen LogP contribution in [0, 0.1) is 0 Å². The van der Waals surface area contributed by atoms with Crippen LogP contribution in [0.5, 0.6) is 0 Å². The monoisotopic (exact) mass is 224 g/mol. The lowest BCUT2D eigenvalue weighted by molar-refractivity contribution is 0.102. The quantitative estimate of drug-likeness (QED) is 0.799. The van der Waals surface area contributed by atoms with Crippen LogP contribution in [-0.4, -0.2) is 23.4 Å². The number of hydrogen-bond acceptors (Lipinski definition) is 4. The second-order valence-electron chi connectivity index (χ2n) is 4.03. The average Bonchev–Trinajstić information content (AvgIpc) is 2.68. The first kappa shape index (κ1) is 10.8. The van der Waals surface area contributed by atoms with Gasteiger partial charge in [-0.25, -0.2) is 4.98 Å². The Kier molecular flexibility index (Phi) is 3.49. The molecule has 1 aromatic rings. The summed E-state index contributed by atoms with van der Waals surface area (Å²) in [6, 6.07) is 0.560. The topological polar surface area (TPSA) is 42.0 Å². The van der Waals surface area contributed by atoms with Gasteiger partial charge in [0, 0.05) is 25.6 Å². The number of carbonyl (C=O) groups excluding carboxylic acids is 1. The number of nitrogens with one attached hydrogen (secondary N) is 1. The van der Waals surface area contributed by atoms with Crippen molar-refractivity contribution in [2.75, 3.05) is 6.54 Å². The molecule has 1 atom stereocenters. The molecule has 1 N–H and O–H groups in total. The van der Waals surface area contributed by atoms with Crippen molar-refractivity contribution in [1.29, 1.82) is 0 Å².